The van der Waals surface area contributed by atoms with E-state index < -0.39 is 15.9 Å². The standard InChI is InChI=1S/C21H25N3O4S/c1-4-13-22-29(27,28)19-12-8-9-16(15-19)20(25)23-18-11-7-10-17(14-18)21(26)24(5-2)6-3/h4,7-12,14-15,22H,1,5-6,13H2,2-3H3,(H,23,25). The van der Waals surface area contributed by atoms with Crippen molar-refractivity contribution in [1.82, 2.24) is 9.62 Å². The number of amides is 2. The quantitative estimate of drug-likeness (QED) is 0.616. The molecule has 7 nitrogen and oxygen atoms in total. The van der Waals surface area contributed by atoms with Crippen LogP contribution in [-0.4, -0.2) is 44.8 Å². The van der Waals surface area contributed by atoms with Gasteiger partial charge >= 0.3 is 0 Å². The van der Waals surface area contributed by atoms with Gasteiger partial charge in [0.25, 0.3) is 11.8 Å². The molecular formula is C21H25N3O4S. The summed E-state index contributed by atoms with van der Waals surface area (Å²) in [6, 6.07) is 12.4. The zero-order valence-corrected chi connectivity index (χ0v) is 17.3. The molecule has 0 aromatic heterocycles. The summed E-state index contributed by atoms with van der Waals surface area (Å²) in [4.78, 5) is 26.8. The van der Waals surface area contributed by atoms with Gasteiger partial charge in [-0.2, -0.15) is 0 Å². The number of hydrogen-bond donors (Lipinski definition) is 2. The van der Waals surface area contributed by atoms with E-state index in [9.17, 15) is 18.0 Å². The van der Waals surface area contributed by atoms with Gasteiger partial charge in [-0.25, -0.2) is 13.1 Å². The Balaban J connectivity index is 2.21. The van der Waals surface area contributed by atoms with E-state index in [0.29, 0.717) is 24.3 Å². The number of benzene rings is 2. The number of anilines is 1. The summed E-state index contributed by atoms with van der Waals surface area (Å²) >= 11 is 0. The highest BCUT2D eigenvalue weighted by Crippen LogP contribution is 2.16. The summed E-state index contributed by atoms with van der Waals surface area (Å²) < 4.78 is 26.8. The number of hydrogen-bond acceptors (Lipinski definition) is 4. The lowest BCUT2D eigenvalue weighted by Crippen LogP contribution is -2.30. The molecule has 0 bridgehead atoms. The maximum atomic E-state index is 12.6. The fraction of sp³-hybridized carbons (Fsp3) is 0.238. The van der Waals surface area contributed by atoms with Gasteiger partial charge in [0, 0.05) is 36.4 Å². The molecule has 0 spiro atoms. The molecule has 0 aliphatic rings. The molecule has 2 aromatic carbocycles. The predicted molar refractivity (Wildman–Crippen MR) is 113 cm³/mol. The highest BCUT2D eigenvalue weighted by molar-refractivity contribution is 7.89. The Bertz CT molecular complexity index is 998. The first kappa shape index (κ1) is 22.3. The summed E-state index contributed by atoms with van der Waals surface area (Å²) in [6.45, 7) is 8.54. The van der Waals surface area contributed by atoms with Crippen LogP contribution >= 0.6 is 0 Å². The van der Waals surface area contributed by atoms with Crippen LogP contribution in [0.25, 0.3) is 0 Å². The van der Waals surface area contributed by atoms with Crippen LogP contribution < -0.4 is 10.0 Å². The van der Waals surface area contributed by atoms with E-state index in [-0.39, 0.29) is 22.9 Å². The molecule has 2 amide bonds. The van der Waals surface area contributed by atoms with Crippen LogP contribution in [0, 0.1) is 0 Å². The van der Waals surface area contributed by atoms with Crippen LogP contribution in [0.4, 0.5) is 5.69 Å². The number of sulfonamides is 1. The summed E-state index contributed by atoms with van der Waals surface area (Å²) in [6.07, 6.45) is 1.43. The maximum absolute atomic E-state index is 12.6. The van der Waals surface area contributed by atoms with Gasteiger partial charge in [0.05, 0.1) is 4.90 Å². The summed E-state index contributed by atoms with van der Waals surface area (Å²) in [5.74, 6) is -0.592. The van der Waals surface area contributed by atoms with Crippen molar-refractivity contribution in [3.63, 3.8) is 0 Å². The third-order valence-electron chi connectivity index (χ3n) is 4.24. The lowest BCUT2D eigenvalue weighted by Gasteiger charge is -2.19. The van der Waals surface area contributed by atoms with Crippen molar-refractivity contribution < 1.29 is 18.0 Å². The number of carbonyl (C=O) groups excluding carboxylic acids is 2. The zero-order chi connectivity index (χ0) is 21.4. The second-order valence-corrected chi connectivity index (χ2v) is 7.95. The number of carbonyl (C=O) groups is 2. The van der Waals surface area contributed by atoms with Crippen molar-refractivity contribution >= 4 is 27.5 Å². The summed E-state index contributed by atoms with van der Waals surface area (Å²) in [7, 11) is -3.74. The van der Waals surface area contributed by atoms with Crippen molar-refractivity contribution in [1.29, 1.82) is 0 Å². The van der Waals surface area contributed by atoms with Crippen LogP contribution in [-0.2, 0) is 10.0 Å². The summed E-state index contributed by atoms with van der Waals surface area (Å²) in [5, 5.41) is 2.71. The van der Waals surface area contributed by atoms with E-state index in [1.54, 1.807) is 29.2 Å². The van der Waals surface area contributed by atoms with Gasteiger partial charge in [-0.3, -0.25) is 9.59 Å². The maximum Gasteiger partial charge on any atom is 0.255 e. The first-order chi connectivity index (χ1) is 13.8. The number of nitrogens with one attached hydrogen (secondary N) is 2. The van der Waals surface area contributed by atoms with Crippen molar-refractivity contribution in [2.75, 3.05) is 25.0 Å². The Morgan fingerprint density at radius 3 is 2.34 bits per heavy atom. The molecule has 0 fully saturated rings. The molecule has 0 aliphatic heterocycles. The average molecular weight is 416 g/mol. The lowest BCUT2D eigenvalue weighted by molar-refractivity contribution is 0.0772. The van der Waals surface area contributed by atoms with Gasteiger partial charge in [0.1, 0.15) is 0 Å². The fourth-order valence-electron chi connectivity index (χ4n) is 2.68. The van der Waals surface area contributed by atoms with Gasteiger partial charge < -0.3 is 10.2 Å². The molecule has 29 heavy (non-hydrogen) atoms. The Morgan fingerprint density at radius 2 is 1.69 bits per heavy atom. The van der Waals surface area contributed by atoms with E-state index in [4.69, 9.17) is 0 Å². The van der Waals surface area contributed by atoms with Crippen LogP contribution in [0.15, 0.2) is 66.1 Å². The third kappa shape index (κ3) is 5.75. The van der Waals surface area contributed by atoms with E-state index in [1.807, 2.05) is 13.8 Å². The molecule has 0 aliphatic carbocycles. The largest absolute Gasteiger partial charge is 0.339 e. The van der Waals surface area contributed by atoms with E-state index in [2.05, 4.69) is 16.6 Å². The van der Waals surface area contributed by atoms with Gasteiger partial charge in [0.2, 0.25) is 10.0 Å². The average Bonchev–Trinajstić information content (AvgIpc) is 2.73. The Morgan fingerprint density at radius 1 is 1.03 bits per heavy atom. The first-order valence-electron chi connectivity index (χ1n) is 9.23. The molecule has 0 saturated carbocycles. The second-order valence-electron chi connectivity index (χ2n) is 6.18. The number of nitrogens with zero attached hydrogens (tertiary/aromatic N) is 1. The van der Waals surface area contributed by atoms with Crippen LogP contribution in [0.2, 0.25) is 0 Å². The number of rotatable bonds is 9. The van der Waals surface area contributed by atoms with E-state index in [1.165, 1.54) is 30.3 Å². The Labute approximate surface area is 171 Å². The Hall–Kier alpha value is -2.97. The third-order valence-corrected chi connectivity index (χ3v) is 5.66. The molecule has 2 aromatic rings. The van der Waals surface area contributed by atoms with E-state index >= 15 is 0 Å². The monoisotopic (exact) mass is 415 g/mol. The molecule has 0 unspecified atom stereocenters. The minimum absolute atomic E-state index is 0.0162. The topological polar surface area (TPSA) is 95.6 Å². The van der Waals surface area contributed by atoms with Gasteiger partial charge in [-0.05, 0) is 50.2 Å². The lowest BCUT2D eigenvalue weighted by atomic mass is 10.1. The van der Waals surface area contributed by atoms with Crippen molar-refractivity contribution in [2.24, 2.45) is 0 Å². The van der Waals surface area contributed by atoms with Crippen molar-refractivity contribution in [2.45, 2.75) is 18.7 Å². The fourth-order valence-corrected chi connectivity index (χ4v) is 3.73. The molecule has 2 N–H and O–H groups in total. The minimum atomic E-state index is -3.74. The van der Waals surface area contributed by atoms with Crippen LogP contribution in [0.5, 0.6) is 0 Å². The molecule has 2 rings (SSSR count). The highest BCUT2D eigenvalue weighted by Gasteiger charge is 2.17. The van der Waals surface area contributed by atoms with Gasteiger partial charge in [-0.1, -0.05) is 18.2 Å². The molecule has 0 heterocycles. The SMILES string of the molecule is C=CCNS(=O)(=O)c1cccc(C(=O)Nc2cccc(C(=O)N(CC)CC)c2)c1. The highest BCUT2D eigenvalue weighted by atomic mass is 32.2. The van der Waals surface area contributed by atoms with Crippen molar-refractivity contribution in [3.05, 3.63) is 72.3 Å². The van der Waals surface area contributed by atoms with Crippen LogP contribution in [0.3, 0.4) is 0 Å². The van der Waals surface area contributed by atoms with Gasteiger partial charge in [-0.15, -0.1) is 6.58 Å². The summed E-state index contributed by atoms with van der Waals surface area (Å²) in [5.41, 5.74) is 1.11. The molecule has 8 heteroatoms. The van der Waals surface area contributed by atoms with Crippen molar-refractivity contribution in [3.8, 4) is 0 Å². The predicted octanol–water partition coefficient (Wildman–Crippen LogP) is 2.89. The van der Waals surface area contributed by atoms with Crippen LogP contribution in [0.1, 0.15) is 34.6 Å². The van der Waals surface area contributed by atoms with E-state index in [0.717, 1.165) is 0 Å². The first-order valence-corrected chi connectivity index (χ1v) is 10.7. The molecule has 154 valence electrons. The molecule has 0 saturated heterocycles. The minimum Gasteiger partial charge on any atom is -0.339 e. The second kappa shape index (κ2) is 9.99. The molecule has 0 atom stereocenters. The van der Waals surface area contributed by atoms with Gasteiger partial charge in [0.15, 0.2) is 0 Å². The smallest absolute Gasteiger partial charge is 0.255 e. The Kier molecular flexibility index (Phi) is 7.69. The molecular weight excluding hydrogens is 390 g/mol. The zero-order valence-electron chi connectivity index (χ0n) is 16.5. The molecule has 0 radical (unpaired) electrons. The normalized spacial score (nSPS) is 11.0.